The first kappa shape index (κ1) is 17.9. The highest BCUT2D eigenvalue weighted by atomic mass is 14.1. The summed E-state index contributed by atoms with van der Waals surface area (Å²) in [7, 11) is 0. The van der Waals surface area contributed by atoms with Crippen molar-refractivity contribution < 1.29 is 0 Å². The van der Waals surface area contributed by atoms with E-state index in [2.05, 4.69) is 75.0 Å². The van der Waals surface area contributed by atoms with Gasteiger partial charge < -0.3 is 0 Å². The van der Waals surface area contributed by atoms with E-state index in [1.165, 1.54) is 11.1 Å². The standard InChI is InChI=1S/2C8H16/c1-7(2)6-8(3,4)5;1-6(2)8(5)7(3)4/h6H,1-5H3;7-8H,1H2,2-5H3. The van der Waals surface area contributed by atoms with Crippen molar-refractivity contribution in [2.75, 3.05) is 0 Å². The molecule has 0 saturated carbocycles. The van der Waals surface area contributed by atoms with Crippen molar-refractivity contribution >= 4 is 0 Å². The Bertz CT molecular complexity index is 219. The Morgan fingerprint density at radius 3 is 1.38 bits per heavy atom. The zero-order valence-electron chi connectivity index (χ0n) is 12.9. The van der Waals surface area contributed by atoms with Crippen LogP contribution in [0.15, 0.2) is 23.8 Å². The molecule has 16 heavy (non-hydrogen) atoms. The van der Waals surface area contributed by atoms with E-state index >= 15 is 0 Å². The summed E-state index contributed by atoms with van der Waals surface area (Å²) in [6.07, 6.45) is 2.27. The molecule has 0 heteroatoms. The van der Waals surface area contributed by atoms with Crippen LogP contribution in [0.3, 0.4) is 0 Å². The zero-order valence-corrected chi connectivity index (χ0v) is 12.9. The first-order valence-electron chi connectivity index (χ1n) is 6.28. The Labute approximate surface area is 104 Å². The summed E-state index contributed by atoms with van der Waals surface area (Å²) in [6, 6.07) is 0. The van der Waals surface area contributed by atoms with Gasteiger partial charge in [-0.1, -0.05) is 65.3 Å². The van der Waals surface area contributed by atoms with E-state index in [-0.39, 0.29) is 0 Å². The predicted molar refractivity (Wildman–Crippen MR) is 77.7 cm³/mol. The molecule has 0 aromatic carbocycles. The number of hydrogen-bond donors (Lipinski definition) is 0. The van der Waals surface area contributed by atoms with Gasteiger partial charge in [-0.3, -0.25) is 0 Å². The van der Waals surface area contributed by atoms with E-state index in [1.54, 1.807) is 0 Å². The van der Waals surface area contributed by atoms with Crippen LogP contribution in [-0.4, -0.2) is 0 Å². The van der Waals surface area contributed by atoms with Crippen LogP contribution >= 0.6 is 0 Å². The first-order valence-corrected chi connectivity index (χ1v) is 6.28. The maximum absolute atomic E-state index is 3.88. The van der Waals surface area contributed by atoms with Gasteiger partial charge in [-0.25, -0.2) is 0 Å². The van der Waals surface area contributed by atoms with Crippen LogP contribution in [0.4, 0.5) is 0 Å². The van der Waals surface area contributed by atoms with Gasteiger partial charge in [-0.15, -0.1) is 0 Å². The number of rotatable bonds is 2. The molecule has 0 radical (unpaired) electrons. The van der Waals surface area contributed by atoms with Gasteiger partial charge in [0.05, 0.1) is 0 Å². The smallest absolute Gasteiger partial charge is 0.0201 e. The molecule has 0 spiro atoms. The Kier molecular flexibility index (Phi) is 8.60. The predicted octanol–water partition coefficient (Wildman–Crippen LogP) is 5.85. The minimum absolute atomic E-state index is 0.360. The second kappa shape index (κ2) is 7.70. The summed E-state index contributed by atoms with van der Waals surface area (Å²) in [5.74, 6) is 1.42. The summed E-state index contributed by atoms with van der Waals surface area (Å²) >= 11 is 0. The summed E-state index contributed by atoms with van der Waals surface area (Å²) in [5.41, 5.74) is 3.05. The van der Waals surface area contributed by atoms with Crippen LogP contribution in [0.5, 0.6) is 0 Å². The summed E-state index contributed by atoms with van der Waals surface area (Å²) in [5, 5.41) is 0. The van der Waals surface area contributed by atoms with Gasteiger partial charge in [0.2, 0.25) is 0 Å². The van der Waals surface area contributed by atoms with Gasteiger partial charge in [-0.05, 0) is 38.0 Å². The van der Waals surface area contributed by atoms with E-state index in [9.17, 15) is 0 Å². The molecule has 1 atom stereocenters. The molecule has 0 N–H and O–H groups in total. The number of hydrogen-bond acceptors (Lipinski definition) is 0. The van der Waals surface area contributed by atoms with E-state index in [0.29, 0.717) is 11.3 Å². The fourth-order valence-corrected chi connectivity index (χ4v) is 1.44. The highest BCUT2D eigenvalue weighted by molar-refractivity contribution is 5.00. The van der Waals surface area contributed by atoms with Crippen LogP contribution in [0, 0.1) is 17.3 Å². The molecule has 0 aromatic heterocycles. The largest absolute Gasteiger partial charge is 0.0999 e. The minimum Gasteiger partial charge on any atom is -0.0999 e. The van der Waals surface area contributed by atoms with Crippen molar-refractivity contribution in [1.82, 2.24) is 0 Å². The molecular formula is C16H32. The van der Waals surface area contributed by atoms with Crippen LogP contribution in [0.2, 0.25) is 0 Å². The number of allylic oxidation sites excluding steroid dienone is 3. The van der Waals surface area contributed by atoms with Gasteiger partial charge >= 0.3 is 0 Å². The Morgan fingerprint density at radius 1 is 1.00 bits per heavy atom. The highest BCUT2D eigenvalue weighted by Crippen LogP contribution is 2.17. The second-order valence-electron chi connectivity index (χ2n) is 6.47. The molecule has 0 amide bonds. The maximum atomic E-state index is 3.88. The quantitative estimate of drug-likeness (QED) is 0.516. The fraction of sp³-hybridized carbons (Fsp3) is 0.750. The molecule has 1 unspecified atom stereocenters. The molecule has 0 aliphatic heterocycles. The molecule has 0 aliphatic carbocycles. The maximum Gasteiger partial charge on any atom is -0.0201 e. The molecule has 0 aliphatic rings. The monoisotopic (exact) mass is 224 g/mol. The van der Waals surface area contributed by atoms with Crippen LogP contribution < -0.4 is 0 Å². The van der Waals surface area contributed by atoms with Gasteiger partial charge in [-0.2, -0.15) is 0 Å². The molecule has 0 saturated heterocycles. The lowest BCUT2D eigenvalue weighted by atomic mass is 9.92. The van der Waals surface area contributed by atoms with Crippen molar-refractivity contribution in [3.63, 3.8) is 0 Å². The SMILES string of the molecule is C=C(C)C(C)C(C)C.CC(C)=CC(C)(C)C. The van der Waals surface area contributed by atoms with Crippen molar-refractivity contribution in [2.24, 2.45) is 17.3 Å². The average molecular weight is 224 g/mol. The lowest BCUT2D eigenvalue weighted by Gasteiger charge is -2.13. The van der Waals surface area contributed by atoms with E-state index in [1.807, 2.05) is 0 Å². The fourth-order valence-electron chi connectivity index (χ4n) is 1.44. The molecule has 96 valence electrons. The molecular weight excluding hydrogens is 192 g/mol. The lowest BCUT2D eigenvalue weighted by Crippen LogP contribution is -2.03. The molecule has 0 fully saturated rings. The highest BCUT2D eigenvalue weighted by Gasteiger charge is 2.05. The second-order valence-corrected chi connectivity index (χ2v) is 6.47. The van der Waals surface area contributed by atoms with Crippen LogP contribution in [0.25, 0.3) is 0 Å². The van der Waals surface area contributed by atoms with E-state index in [0.717, 1.165) is 5.92 Å². The lowest BCUT2D eigenvalue weighted by molar-refractivity contribution is 0.481. The van der Waals surface area contributed by atoms with Gasteiger partial charge in [0.1, 0.15) is 0 Å². The van der Waals surface area contributed by atoms with Crippen LogP contribution in [-0.2, 0) is 0 Å². The van der Waals surface area contributed by atoms with Crippen molar-refractivity contribution in [3.8, 4) is 0 Å². The molecule has 0 heterocycles. The molecule has 0 rings (SSSR count). The topological polar surface area (TPSA) is 0 Å². The first-order chi connectivity index (χ1) is 6.97. The minimum atomic E-state index is 0.360. The van der Waals surface area contributed by atoms with Crippen LogP contribution in [0.1, 0.15) is 62.3 Å². The summed E-state index contributed by atoms with van der Waals surface area (Å²) in [4.78, 5) is 0. The van der Waals surface area contributed by atoms with E-state index in [4.69, 9.17) is 0 Å². The van der Waals surface area contributed by atoms with Crippen molar-refractivity contribution in [2.45, 2.75) is 62.3 Å². The van der Waals surface area contributed by atoms with Gasteiger partial charge in [0.15, 0.2) is 0 Å². The third-order valence-electron chi connectivity index (χ3n) is 2.50. The zero-order chi connectivity index (χ0) is 13.5. The average Bonchev–Trinajstić information content (AvgIpc) is 1.98. The Morgan fingerprint density at radius 2 is 1.38 bits per heavy atom. The third kappa shape index (κ3) is 13.5. The van der Waals surface area contributed by atoms with E-state index < -0.39 is 0 Å². The van der Waals surface area contributed by atoms with Crippen molar-refractivity contribution in [3.05, 3.63) is 23.8 Å². The molecule has 0 aromatic rings. The normalized spacial score (nSPS) is 12.6. The molecule has 0 bridgehead atoms. The van der Waals surface area contributed by atoms with Gasteiger partial charge in [0.25, 0.3) is 0 Å². The Hall–Kier alpha value is -0.520. The van der Waals surface area contributed by atoms with Gasteiger partial charge in [0, 0.05) is 0 Å². The molecule has 0 nitrogen and oxygen atoms in total. The van der Waals surface area contributed by atoms with Crippen molar-refractivity contribution in [1.29, 1.82) is 0 Å². The summed E-state index contributed by atoms with van der Waals surface area (Å²) in [6.45, 7) is 23.5. The Balaban J connectivity index is 0. The summed E-state index contributed by atoms with van der Waals surface area (Å²) < 4.78 is 0. The third-order valence-corrected chi connectivity index (χ3v) is 2.50.